The molecule has 2 aliphatic heterocycles. The molecule has 1 aromatic heterocycles. The number of rotatable bonds is 3. The Balaban J connectivity index is 1.79. The first-order valence-electron chi connectivity index (χ1n) is 10.5. The molecule has 3 aliphatic rings. The van der Waals surface area contributed by atoms with E-state index in [1.165, 1.54) is 4.90 Å². The smallest absolute Gasteiger partial charge is 0.341 e. The lowest BCUT2D eigenvalue weighted by Crippen LogP contribution is -2.51. The van der Waals surface area contributed by atoms with E-state index in [2.05, 4.69) is 15.9 Å². The largest absolute Gasteiger partial charge is 0.469 e. The number of amides is 1. The van der Waals surface area contributed by atoms with Crippen molar-refractivity contribution in [3.8, 4) is 0 Å². The Labute approximate surface area is 198 Å². The second-order valence-electron chi connectivity index (χ2n) is 8.18. The Morgan fingerprint density at radius 2 is 2.09 bits per heavy atom. The lowest BCUT2D eigenvalue weighted by Gasteiger charge is -2.40. The SMILES string of the molecule is CCOC(=O)C1=C(N)OC2=C(C(=O)C[C@@H](c3ccco3)C2)[C@@]12C(=O)N(C)c1ccc(Br)cc12. The summed E-state index contributed by atoms with van der Waals surface area (Å²) in [5.74, 6) is -1.15. The molecule has 5 rings (SSSR count). The number of carbonyl (C=O) groups excluding carboxylic acids is 3. The molecule has 0 radical (unpaired) electrons. The van der Waals surface area contributed by atoms with E-state index in [1.54, 1.807) is 50.6 Å². The number of halogens is 1. The maximum absolute atomic E-state index is 14.0. The van der Waals surface area contributed by atoms with Gasteiger partial charge in [-0.3, -0.25) is 9.59 Å². The van der Waals surface area contributed by atoms with Gasteiger partial charge in [0, 0.05) is 41.5 Å². The highest BCUT2D eigenvalue weighted by Crippen LogP contribution is 2.57. The van der Waals surface area contributed by atoms with Crippen molar-refractivity contribution in [3.05, 3.63) is 75.2 Å². The number of carbonyl (C=O) groups is 3. The van der Waals surface area contributed by atoms with E-state index in [-0.39, 0.29) is 47.5 Å². The molecule has 2 N–H and O–H groups in total. The highest BCUT2D eigenvalue weighted by Gasteiger charge is 2.63. The normalized spacial score (nSPS) is 24.2. The summed E-state index contributed by atoms with van der Waals surface area (Å²) in [6.07, 6.45) is 1.95. The molecule has 2 aromatic rings. The number of allylic oxidation sites excluding steroid dienone is 1. The molecule has 3 heterocycles. The van der Waals surface area contributed by atoms with Crippen LogP contribution in [0.2, 0.25) is 0 Å². The van der Waals surface area contributed by atoms with E-state index < -0.39 is 17.3 Å². The number of nitrogens with two attached hydrogens (primary N) is 1. The number of nitrogens with zero attached hydrogens (tertiary/aromatic N) is 1. The summed E-state index contributed by atoms with van der Waals surface area (Å²) in [5.41, 5.74) is 5.57. The van der Waals surface area contributed by atoms with Crippen LogP contribution in [0.4, 0.5) is 5.69 Å². The summed E-state index contributed by atoms with van der Waals surface area (Å²) in [5, 5.41) is 0. The van der Waals surface area contributed by atoms with Crippen molar-refractivity contribution in [2.45, 2.75) is 31.1 Å². The molecule has 0 saturated carbocycles. The molecule has 33 heavy (non-hydrogen) atoms. The Hall–Kier alpha value is -3.33. The van der Waals surface area contributed by atoms with Gasteiger partial charge in [-0.1, -0.05) is 15.9 Å². The molecule has 170 valence electrons. The fraction of sp³-hybridized carbons (Fsp3) is 0.292. The Bertz CT molecular complexity index is 1260. The maximum atomic E-state index is 14.0. The number of ether oxygens (including phenoxy) is 2. The van der Waals surface area contributed by atoms with Crippen molar-refractivity contribution in [1.29, 1.82) is 0 Å². The zero-order valence-electron chi connectivity index (χ0n) is 18.0. The van der Waals surface area contributed by atoms with E-state index in [0.717, 1.165) is 0 Å². The van der Waals surface area contributed by atoms with Gasteiger partial charge in [-0.05, 0) is 37.3 Å². The minimum absolute atomic E-state index is 0.0709. The number of likely N-dealkylation sites (N-methyl/N-ethyl adjacent to an activating group) is 1. The Kier molecular flexibility index (Phi) is 4.97. The predicted molar refractivity (Wildman–Crippen MR) is 121 cm³/mol. The van der Waals surface area contributed by atoms with Gasteiger partial charge in [-0.15, -0.1) is 0 Å². The molecule has 1 spiro atoms. The van der Waals surface area contributed by atoms with Crippen LogP contribution in [0.15, 0.2) is 68.3 Å². The van der Waals surface area contributed by atoms with E-state index in [1.807, 2.05) is 0 Å². The highest BCUT2D eigenvalue weighted by atomic mass is 79.9. The third-order valence-corrected chi connectivity index (χ3v) is 6.92. The molecular weight excluding hydrogens is 492 g/mol. The summed E-state index contributed by atoms with van der Waals surface area (Å²) in [7, 11) is 1.61. The molecule has 0 unspecified atom stereocenters. The number of Topliss-reactive ketones (excluding diaryl/α,β-unsaturated/α-hetero) is 1. The maximum Gasteiger partial charge on any atom is 0.341 e. The van der Waals surface area contributed by atoms with E-state index >= 15 is 0 Å². The van der Waals surface area contributed by atoms with Gasteiger partial charge >= 0.3 is 5.97 Å². The quantitative estimate of drug-likeness (QED) is 0.626. The van der Waals surface area contributed by atoms with Crippen LogP contribution in [-0.2, 0) is 29.3 Å². The Morgan fingerprint density at radius 1 is 1.30 bits per heavy atom. The van der Waals surface area contributed by atoms with Crippen LogP contribution < -0.4 is 10.6 Å². The molecule has 1 amide bonds. The minimum atomic E-state index is -1.75. The molecular formula is C24H21BrN2O6. The first kappa shape index (κ1) is 21.5. The van der Waals surface area contributed by atoms with Gasteiger partial charge in [-0.2, -0.15) is 0 Å². The molecule has 8 nitrogen and oxygen atoms in total. The summed E-state index contributed by atoms with van der Waals surface area (Å²) in [6.45, 7) is 1.73. The van der Waals surface area contributed by atoms with Crippen molar-refractivity contribution < 1.29 is 28.3 Å². The van der Waals surface area contributed by atoms with Crippen LogP contribution in [-0.4, -0.2) is 31.3 Å². The van der Waals surface area contributed by atoms with Crippen molar-refractivity contribution in [2.24, 2.45) is 5.73 Å². The summed E-state index contributed by atoms with van der Waals surface area (Å²) >= 11 is 3.46. The van der Waals surface area contributed by atoms with E-state index in [0.29, 0.717) is 27.9 Å². The standard InChI is InChI=1S/C24H21BrN2O6/c1-3-31-22(29)20-21(26)33-18-10-12(17-5-4-8-32-17)9-16(28)19(18)24(20)14-11-13(25)6-7-15(14)27(2)23(24)30/h4-8,11-12H,3,9-10,26H2,1-2H3/t12-,24-/m1/s1. The zero-order chi connectivity index (χ0) is 23.5. The number of furan rings is 1. The fourth-order valence-electron chi connectivity index (χ4n) is 5.13. The van der Waals surface area contributed by atoms with Gasteiger partial charge in [0.25, 0.3) is 0 Å². The topological polar surface area (TPSA) is 112 Å². The number of esters is 1. The first-order valence-corrected chi connectivity index (χ1v) is 11.3. The van der Waals surface area contributed by atoms with E-state index in [9.17, 15) is 14.4 Å². The van der Waals surface area contributed by atoms with Gasteiger partial charge in [0.05, 0.1) is 18.4 Å². The first-order chi connectivity index (χ1) is 15.8. The Morgan fingerprint density at radius 3 is 2.79 bits per heavy atom. The average molecular weight is 513 g/mol. The molecule has 0 saturated heterocycles. The van der Waals surface area contributed by atoms with Crippen molar-refractivity contribution in [2.75, 3.05) is 18.6 Å². The number of benzene rings is 1. The third-order valence-electron chi connectivity index (χ3n) is 6.43. The van der Waals surface area contributed by atoms with Crippen molar-refractivity contribution in [3.63, 3.8) is 0 Å². The second-order valence-corrected chi connectivity index (χ2v) is 9.10. The molecule has 9 heteroatoms. The summed E-state index contributed by atoms with van der Waals surface area (Å²) < 4.78 is 17.4. The molecule has 2 atom stereocenters. The summed E-state index contributed by atoms with van der Waals surface area (Å²) in [6, 6.07) is 8.85. The van der Waals surface area contributed by atoms with Crippen LogP contribution in [0.5, 0.6) is 0 Å². The molecule has 0 fully saturated rings. The lowest BCUT2D eigenvalue weighted by molar-refractivity contribution is -0.141. The van der Waals surface area contributed by atoms with E-state index in [4.69, 9.17) is 19.6 Å². The van der Waals surface area contributed by atoms with Crippen LogP contribution >= 0.6 is 15.9 Å². The van der Waals surface area contributed by atoms with Crippen LogP contribution in [0, 0.1) is 0 Å². The monoisotopic (exact) mass is 512 g/mol. The van der Waals surface area contributed by atoms with Gasteiger partial charge in [0.2, 0.25) is 11.8 Å². The number of anilines is 1. The van der Waals surface area contributed by atoms with Crippen LogP contribution in [0.25, 0.3) is 0 Å². The predicted octanol–water partition coefficient (Wildman–Crippen LogP) is 3.42. The van der Waals surface area contributed by atoms with Crippen LogP contribution in [0.3, 0.4) is 0 Å². The number of fused-ring (bicyclic) bond motifs is 3. The molecule has 1 aliphatic carbocycles. The average Bonchev–Trinajstić information content (AvgIpc) is 3.37. The zero-order valence-corrected chi connectivity index (χ0v) is 19.6. The summed E-state index contributed by atoms with van der Waals surface area (Å²) in [4.78, 5) is 42.3. The molecule has 0 bridgehead atoms. The van der Waals surface area contributed by atoms with Gasteiger partial charge in [0.1, 0.15) is 22.5 Å². The van der Waals surface area contributed by atoms with Gasteiger partial charge in [0.15, 0.2) is 5.78 Å². The molecule has 1 aromatic carbocycles. The number of hydrogen-bond acceptors (Lipinski definition) is 7. The van der Waals surface area contributed by atoms with Crippen molar-refractivity contribution >= 4 is 39.3 Å². The lowest BCUT2D eigenvalue weighted by atomic mass is 9.63. The second kappa shape index (κ2) is 7.62. The fourth-order valence-corrected chi connectivity index (χ4v) is 5.49. The number of hydrogen-bond donors (Lipinski definition) is 1. The minimum Gasteiger partial charge on any atom is -0.469 e. The highest BCUT2D eigenvalue weighted by molar-refractivity contribution is 9.10. The number of ketones is 1. The van der Waals surface area contributed by atoms with Gasteiger partial charge in [-0.25, -0.2) is 4.79 Å². The third kappa shape index (κ3) is 2.91. The van der Waals surface area contributed by atoms with Gasteiger partial charge < -0.3 is 24.5 Å². The van der Waals surface area contributed by atoms with Crippen LogP contribution in [0.1, 0.15) is 37.0 Å². The van der Waals surface area contributed by atoms with Crippen molar-refractivity contribution in [1.82, 2.24) is 0 Å².